The van der Waals surface area contributed by atoms with E-state index < -0.39 is 58.0 Å². The van der Waals surface area contributed by atoms with E-state index in [1.165, 1.54) is 0 Å². The van der Waals surface area contributed by atoms with Crippen molar-refractivity contribution in [3.63, 3.8) is 0 Å². The summed E-state index contributed by atoms with van der Waals surface area (Å²) in [6, 6.07) is 1.20. The normalized spacial score (nSPS) is 28.7. The maximum Gasteiger partial charge on any atom is 0.419 e. The van der Waals surface area contributed by atoms with Crippen LogP contribution in [0.2, 0.25) is 5.02 Å². The maximum absolute atomic E-state index is 14.5. The van der Waals surface area contributed by atoms with Gasteiger partial charge in [0, 0.05) is 44.2 Å². The average Bonchev–Trinajstić information content (AvgIpc) is 3.59. The molecule has 1 aromatic carbocycles. The van der Waals surface area contributed by atoms with Gasteiger partial charge >= 0.3 is 12.2 Å². The molecule has 4 saturated heterocycles. The Hall–Kier alpha value is -3.23. The largest absolute Gasteiger partial charge is 0.508 e. The molecule has 7 rings (SSSR count). The molecule has 0 unspecified atom stereocenters. The minimum Gasteiger partial charge on any atom is -0.508 e. The van der Waals surface area contributed by atoms with Gasteiger partial charge in [-0.05, 0) is 38.3 Å². The third kappa shape index (κ3) is 4.63. The number of phenolic OH excluding ortho intramolecular Hbond substituents is 1. The molecule has 2 N–H and O–H groups in total. The number of fused-ring (bicyclic) bond motifs is 4. The lowest BCUT2D eigenvalue weighted by atomic mass is 9.95. The third-order valence-corrected chi connectivity index (χ3v) is 8.92. The molecule has 4 aliphatic heterocycles. The number of hydrogen-bond donors (Lipinski definition) is 2. The van der Waals surface area contributed by atoms with E-state index in [0.717, 1.165) is 25.1 Å². The summed E-state index contributed by atoms with van der Waals surface area (Å²) in [7, 11) is 0. The number of aromatic nitrogens is 4. The number of aromatic hydroxyl groups is 1. The van der Waals surface area contributed by atoms with Crippen molar-refractivity contribution in [1.82, 2.24) is 30.0 Å². The zero-order valence-corrected chi connectivity index (χ0v) is 22.9. The van der Waals surface area contributed by atoms with Crippen molar-refractivity contribution >= 4 is 28.3 Å². The lowest BCUT2D eigenvalue weighted by molar-refractivity contribution is -0.137. The van der Waals surface area contributed by atoms with Crippen molar-refractivity contribution in [2.75, 3.05) is 37.6 Å². The summed E-state index contributed by atoms with van der Waals surface area (Å²) in [5, 5.41) is 16.9. The maximum atomic E-state index is 14.5. The molecule has 42 heavy (non-hydrogen) atoms. The molecule has 4 aliphatic rings. The quantitative estimate of drug-likeness (QED) is 0.420. The fourth-order valence-electron chi connectivity index (χ4n) is 6.84. The molecule has 15 heteroatoms. The van der Waals surface area contributed by atoms with E-state index in [1.54, 1.807) is 4.90 Å². The van der Waals surface area contributed by atoms with Gasteiger partial charge in [0.15, 0.2) is 0 Å². The van der Waals surface area contributed by atoms with Crippen LogP contribution >= 0.6 is 11.6 Å². The molecule has 0 saturated carbocycles. The van der Waals surface area contributed by atoms with E-state index >= 15 is 0 Å². The monoisotopic (exact) mass is 611 g/mol. The second-order valence-corrected chi connectivity index (χ2v) is 11.8. The number of benzene rings is 1. The van der Waals surface area contributed by atoms with Crippen LogP contribution in [-0.2, 0) is 6.18 Å². The smallest absolute Gasteiger partial charge is 0.419 e. The first kappa shape index (κ1) is 25.3. The van der Waals surface area contributed by atoms with Crippen molar-refractivity contribution in [2.24, 2.45) is 0 Å². The van der Waals surface area contributed by atoms with Crippen molar-refractivity contribution in [3.05, 3.63) is 39.3 Å². The zero-order valence-electron chi connectivity index (χ0n) is 24.2. The highest BCUT2D eigenvalue weighted by Crippen LogP contribution is 2.42. The first-order chi connectivity index (χ1) is 20.8. The summed E-state index contributed by atoms with van der Waals surface area (Å²) < 4.78 is 80.7. The fraction of sp³-hybridized carbons (Fsp3) is 0.556. The van der Waals surface area contributed by atoms with E-state index in [-0.39, 0.29) is 41.8 Å². The average molecular weight is 612 g/mol. The Balaban J connectivity index is 1.39. The molecule has 6 heterocycles. The highest BCUT2D eigenvalue weighted by atomic mass is 35.5. The zero-order chi connectivity index (χ0) is 31.2. The van der Waals surface area contributed by atoms with Gasteiger partial charge in [-0.1, -0.05) is 11.6 Å². The predicted octanol–water partition coefficient (Wildman–Crippen LogP) is 3.45. The van der Waals surface area contributed by atoms with Gasteiger partial charge in [-0.2, -0.15) is 32.9 Å². The summed E-state index contributed by atoms with van der Waals surface area (Å²) >= 11 is 5.86. The standard InChI is InChI=1S/C27H28ClF4N7O3/c28-19-6-17(40)7-20(21(19)27(30,31)32)39-24(41)22-18(9-33-39)23(37-11-15-2-3-16(12-37)34-15)36-25(35-22)42-13-26-4-1-5-38(26)10-14(29)8-26/h6-7,9,14-16,34,40H,1-5,8,10-13H2/t14-,15-,16+,26+/m1/s1/i13D2. The number of phenols is 1. The van der Waals surface area contributed by atoms with Crippen LogP contribution in [0.5, 0.6) is 11.8 Å². The number of ether oxygens (including phenoxy) is 1. The molecule has 3 aromatic rings. The van der Waals surface area contributed by atoms with Crippen molar-refractivity contribution < 1.29 is 30.1 Å². The second kappa shape index (κ2) is 9.91. The predicted molar refractivity (Wildman–Crippen MR) is 145 cm³/mol. The lowest BCUT2D eigenvalue weighted by Gasteiger charge is -2.34. The van der Waals surface area contributed by atoms with Crippen LogP contribution in [0, 0.1) is 0 Å². The van der Waals surface area contributed by atoms with Crippen molar-refractivity contribution in [3.8, 4) is 17.4 Å². The topological polar surface area (TPSA) is 109 Å². The fourth-order valence-corrected chi connectivity index (χ4v) is 7.16. The van der Waals surface area contributed by atoms with E-state index in [4.69, 9.17) is 19.1 Å². The van der Waals surface area contributed by atoms with Crippen LogP contribution in [-0.4, -0.2) is 86.3 Å². The molecule has 0 radical (unpaired) electrons. The molecular formula is C27H28ClF4N7O3. The molecule has 2 aromatic heterocycles. The highest BCUT2D eigenvalue weighted by Gasteiger charge is 2.49. The van der Waals surface area contributed by atoms with Gasteiger partial charge < -0.3 is 20.1 Å². The van der Waals surface area contributed by atoms with E-state index in [1.807, 2.05) is 4.90 Å². The van der Waals surface area contributed by atoms with Gasteiger partial charge in [0.1, 0.15) is 35.4 Å². The summed E-state index contributed by atoms with van der Waals surface area (Å²) in [6.07, 6.45) is -2.34. The molecule has 10 nitrogen and oxygen atoms in total. The number of halogens is 5. The van der Waals surface area contributed by atoms with Crippen LogP contribution in [0.4, 0.5) is 23.4 Å². The third-order valence-electron chi connectivity index (χ3n) is 8.62. The number of nitrogens with zero attached hydrogens (tertiary/aromatic N) is 6. The molecule has 0 amide bonds. The highest BCUT2D eigenvalue weighted by molar-refractivity contribution is 6.31. The SMILES string of the molecule is [2H]C([2H])(Oc1nc(N2C[C@H]3CC[C@@H](C2)N3)c2cnn(-c3cc(O)cc(Cl)c3C(F)(F)F)c(=O)c2n1)[C@@]12CCCN1C[C@H](F)C2. The van der Waals surface area contributed by atoms with Gasteiger partial charge in [-0.15, -0.1) is 0 Å². The number of rotatable bonds is 5. The Kier molecular flexibility index (Phi) is 5.97. The van der Waals surface area contributed by atoms with Crippen molar-refractivity contribution in [2.45, 2.75) is 62.1 Å². The van der Waals surface area contributed by atoms with E-state index in [2.05, 4.69) is 20.4 Å². The number of hydrogen-bond acceptors (Lipinski definition) is 9. The second-order valence-electron chi connectivity index (χ2n) is 11.4. The van der Waals surface area contributed by atoms with Gasteiger partial charge in [-0.25, -0.2) is 4.39 Å². The van der Waals surface area contributed by atoms with Crippen LogP contribution in [0.3, 0.4) is 0 Å². The molecular weight excluding hydrogens is 582 g/mol. The minimum atomic E-state index is -5.00. The Bertz CT molecular complexity index is 1700. The van der Waals surface area contributed by atoms with Crippen LogP contribution in [0.15, 0.2) is 23.1 Å². The number of nitrogens with one attached hydrogen (secondary N) is 1. The molecule has 2 bridgehead atoms. The molecule has 4 atom stereocenters. The summed E-state index contributed by atoms with van der Waals surface area (Å²) in [6.45, 7) is -0.896. The van der Waals surface area contributed by atoms with E-state index in [9.17, 15) is 27.5 Å². The van der Waals surface area contributed by atoms with E-state index in [0.29, 0.717) is 43.2 Å². The Morgan fingerprint density at radius 3 is 2.71 bits per heavy atom. The minimum absolute atomic E-state index is 0.0701. The number of alkyl halides is 4. The van der Waals surface area contributed by atoms with Crippen molar-refractivity contribution in [1.29, 1.82) is 0 Å². The first-order valence-electron chi connectivity index (χ1n) is 14.7. The summed E-state index contributed by atoms with van der Waals surface area (Å²) in [5.74, 6) is -0.400. The molecule has 0 spiro atoms. The van der Waals surface area contributed by atoms with Crippen LogP contribution < -0.4 is 20.5 Å². The Morgan fingerprint density at radius 1 is 1.21 bits per heavy atom. The van der Waals surface area contributed by atoms with Gasteiger partial charge in [0.05, 0.1) is 30.6 Å². The van der Waals surface area contributed by atoms with Gasteiger partial charge in [-0.3, -0.25) is 9.69 Å². The van der Waals surface area contributed by atoms with Crippen LogP contribution in [0.1, 0.15) is 40.4 Å². The van der Waals surface area contributed by atoms with Gasteiger partial charge in [0.25, 0.3) is 5.56 Å². The van der Waals surface area contributed by atoms with Crippen LogP contribution in [0.25, 0.3) is 16.6 Å². The number of piperazine rings is 1. The number of anilines is 1. The summed E-state index contributed by atoms with van der Waals surface area (Å²) in [4.78, 5) is 26.3. The Labute approximate surface area is 245 Å². The molecule has 0 aliphatic carbocycles. The lowest BCUT2D eigenvalue weighted by Crippen LogP contribution is -2.51. The molecule has 224 valence electrons. The molecule has 4 fully saturated rings. The first-order valence-corrected chi connectivity index (χ1v) is 14.1. The Morgan fingerprint density at radius 2 is 1.98 bits per heavy atom. The summed E-state index contributed by atoms with van der Waals surface area (Å²) in [5.41, 5.74) is -4.92. The van der Waals surface area contributed by atoms with Gasteiger partial charge in [0.2, 0.25) is 0 Å².